The summed E-state index contributed by atoms with van der Waals surface area (Å²) in [6.45, 7) is 0. The maximum Gasteiger partial charge on any atom is 0.265 e. The second kappa shape index (κ2) is 8.46. The molecule has 0 N–H and O–H groups in total. The van der Waals surface area contributed by atoms with Gasteiger partial charge in [0.1, 0.15) is 24.3 Å². The van der Waals surface area contributed by atoms with Gasteiger partial charge in [-0.15, -0.1) is 0 Å². The van der Waals surface area contributed by atoms with Crippen LogP contribution < -0.4 is 9.80 Å². The first-order valence-corrected chi connectivity index (χ1v) is 11.6. The molecule has 0 radical (unpaired) electrons. The average Bonchev–Trinajstić information content (AvgIpc) is 2.98. The quantitative estimate of drug-likeness (QED) is 0.359. The topological polar surface area (TPSA) is 170 Å². The Morgan fingerprint density at radius 2 is 0.725 bits per heavy atom. The Bertz CT molecular complexity index is 1880. The maximum absolute atomic E-state index is 13.6. The summed E-state index contributed by atoms with van der Waals surface area (Å²) in [5.74, 6) is -2.88. The Balaban J connectivity index is 1.52. The van der Waals surface area contributed by atoms with E-state index >= 15 is 0 Å². The van der Waals surface area contributed by atoms with Gasteiger partial charge in [0, 0.05) is 33.0 Å². The first kappa shape index (κ1) is 23.8. The minimum absolute atomic E-state index is 0.00436. The van der Waals surface area contributed by atoms with E-state index in [-0.39, 0.29) is 66.7 Å². The predicted molar refractivity (Wildman–Crippen MR) is 138 cm³/mol. The summed E-state index contributed by atoms with van der Waals surface area (Å²) < 4.78 is 0. The number of carbonyl (C=O) groups is 4. The Kier molecular flexibility index (Phi) is 5.03. The van der Waals surface area contributed by atoms with Crippen molar-refractivity contribution < 1.29 is 19.2 Å². The second-order valence-corrected chi connectivity index (χ2v) is 8.87. The summed E-state index contributed by atoms with van der Waals surface area (Å²) in [7, 11) is 0. The van der Waals surface area contributed by atoms with Crippen molar-refractivity contribution in [2.24, 2.45) is 0 Å². The van der Waals surface area contributed by atoms with Gasteiger partial charge in [0.15, 0.2) is 0 Å². The Morgan fingerprint density at radius 1 is 0.425 bits per heavy atom. The fraction of sp³-hybridized carbons (Fsp3) is 0. The van der Waals surface area contributed by atoms with Gasteiger partial charge in [0.2, 0.25) is 0 Å². The highest BCUT2D eigenvalue weighted by molar-refractivity contribution is 6.42. The highest BCUT2D eigenvalue weighted by Gasteiger charge is 2.40. The molecule has 10 nitrogen and oxygen atoms in total. The minimum atomic E-state index is -0.720. The molecule has 0 aromatic heterocycles. The van der Waals surface area contributed by atoms with Crippen LogP contribution in [-0.4, -0.2) is 23.6 Å². The summed E-state index contributed by atoms with van der Waals surface area (Å²) in [6.07, 6.45) is 0. The zero-order chi connectivity index (χ0) is 28.3. The maximum atomic E-state index is 13.6. The van der Waals surface area contributed by atoms with Crippen LogP contribution in [-0.2, 0) is 0 Å². The first-order valence-electron chi connectivity index (χ1n) is 11.6. The van der Waals surface area contributed by atoms with E-state index in [1.807, 2.05) is 24.3 Å². The number of rotatable bonds is 2. The van der Waals surface area contributed by atoms with Crippen molar-refractivity contribution in [3.63, 3.8) is 0 Å². The van der Waals surface area contributed by atoms with Gasteiger partial charge < -0.3 is 0 Å². The molecule has 2 aliphatic heterocycles. The van der Waals surface area contributed by atoms with Crippen LogP contribution in [0.25, 0.3) is 10.8 Å². The lowest BCUT2D eigenvalue weighted by atomic mass is 9.85. The monoisotopic (exact) mass is 518 g/mol. The summed E-state index contributed by atoms with van der Waals surface area (Å²) in [5.41, 5.74) is 0.685. The molecule has 2 aliphatic rings. The molecule has 2 heterocycles. The Hall–Kier alpha value is -6.62. The minimum Gasteiger partial charge on any atom is -0.268 e. The van der Waals surface area contributed by atoms with E-state index in [0.29, 0.717) is 0 Å². The van der Waals surface area contributed by atoms with Crippen molar-refractivity contribution in [3.05, 3.63) is 105 Å². The van der Waals surface area contributed by atoms with Gasteiger partial charge in [-0.2, -0.15) is 21.0 Å². The molecule has 0 fully saturated rings. The lowest BCUT2D eigenvalue weighted by molar-refractivity contribution is 0.0873. The molecule has 184 valence electrons. The van der Waals surface area contributed by atoms with E-state index in [4.69, 9.17) is 0 Å². The zero-order valence-corrected chi connectivity index (χ0v) is 20.1. The number of hydrogen-bond acceptors (Lipinski definition) is 8. The van der Waals surface area contributed by atoms with Gasteiger partial charge in [-0.05, 0) is 60.7 Å². The summed E-state index contributed by atoms with van der Waals surface area (Å²) >= 11 is 0. The molecule has 0 spiro atoms. The molecule has 40 heavy (non-hydrogen) atoms. The number of nitriles is 4. The average molecular weight is 518 g/mol. The number of imide groups is 2. The smallest absolute Gasteiger partial charge is 0.265 e. The number of anilines is 2. The molecule has 0 bridgehead atoms. The van der Waals surface area contributed by atoms with E-state index in [0.717, 1.165) is 9.80 Å². The van der Waals surface area contributed by atoms with Crippen LogP contribution in [0.2, 0.25) is 0 Å². The van der Waals surface area contributed by atoms with Crippen LogP contribution in [0, 0.1) is 45.3 Å². The van der Waals surface area contributed by atoms with Crippen LogP contribution >= 0.6 is 0 Å². The van der Waals surface area contributed by atoms with Crippen molar-refractivity contribution in [3.8, 4) is 24.3 Å². The van der Waals surface area contributed by atoms with E-state index in [1.54, 1.807) is 0 Å². The highest BCUT2D eigenvalue weighted by Crippen LogP contribution is 2.40. The molecule has 0 unspecified atom stereocenters. The van der Waals surface area contributed by atoms with Gasteiger partial charge in [0.25, 0.3) is 23.6 Å². The fourth-order valence-corrected chi connectivity index (χ4v) is 5.07. The number of amides is 4. The fourth-order valence-electron chi connectivity index (χ4n) is 5.07. The SMILES string of the molecule is N#Cc1ccc(N2C(=O)c3ccc4c5c(ccc(c35)C2=O)C(=O)N(c2ccc(C#N)c(C#N)c2)C4=O)cc1C#N. The van der Waals surface area contributed by atoms with Crippen molar-refractivity contribution in [2.75, 3.05) is 9.80 Å². The molecule has 4 aromatic carbocycles. The van der Waals surface area contributed by atoms with E-state index in [9.17, 15) is 40.2 Å². The first-order chi connectivity index (χ1) is 19.3. The lowest BCUT2D eigenvalue weighted by Gasteiger charge is -2.32. The normalized spacial score (nSPS) is 13.5. The predicted octanol–water partition coefficient (Wildman–Crippen LogP) is 3.93. The third kappa shape index (κ3) is 3.05. The number of benzene rings is 4. The van der Waals surface area contributed by atoms with E-state index < -0.39 is 23.6 Å². The van der Waals surface area contributed by atoms with Gasteiger partial charge >= 0.3 is 0 Å². The van der Waals surface area contributed by atoms with Crippen molar-refractivity contribution in [1.82, 2.24) is 0 Å². The van der Waals surface area contributed by atoms with Gasteiger partial charge in [-0.1, -0.05) is 0 Å². The molecular weight excluding hydrogens is 508 g/mol. The Labute approximate surface area is 225 Å². The third-order valence-corrected chi connectivity index (χ3v) is 6.90. The largest absolute Gasteiger partial charge is 0.268 e. The van der Waals surface area contributed by atoms with Gasteiger partial charge in [0.05, 0.1) is 33.6 Å². The van der Waals surface area contributed by atoms with Crippen molar-refractivity contribution in [2.45, 2.75) is 0 Å². The number of hydrogen-bond donors (Lipinski definition) is 0. The molecule has 0 saturated heterocycles. The van der Waals surface area contributed by atoms with E-state index in [2.05, 4.69) is 0 Å². The van der Waals surface area contributed by atoms with Crippen LogP contribution in [0.4, 0.5) is 11.4 Å². The van der Waals surface area contributed by atoms with Crippen molar-refractivity contribution >= 4 is 45.8 Å². The second-order valence-electron chi connectivity index (χ2n) is 8.87. The van der Waals surface area contributed by atoms with Crippen molar-refractivity contribution in [1.29, 1.82) is 21.0 Å². The molecule has 4 aromatic rings. The molecule has 10 heteroatoms. The molecule has 0 aliphatic carbocycles. The molecular formula is C30H10N6O4. The van der Waals surface area contributed by atoms with Crippen LogP contribution in [0.15, 0.2) is 60.7 Å². The number of carbonyl (C=O) groups excluding carboxylic acids is 4. The van der Waals surface area contributed by atoms with Gasteiger partial charge in [-0.3, -0.25) is 19.2 Å². The zero-order valence-electron chi connectivity index (χ0n) is 20.1. The van der Waals surface area contributed by atoms with Crippen LogP contribution in [0.5, 0.6) is 0 Å². The highest BCUT2D eigenvalue weighted by atomic mass is 16.2. The third-order valence-electron chi connectivity index (χ3n) is 6.90. The summed E-state index contributed by atoms with van der Waals surface area (Å²) in [5, 5.41) is 37.6. The number of nitrogens with zero attached hydrogens (tertiary/aromatic N) is 6. The molecule has 0 saturated carbocycles. The summed E-state index contributed by atoms with van der Waals surface area (Å²) in [4.78, 5) is 56.2. The lowest BCUT2D eigenvalue weighted by Crippen LogP contribution is -2.43. The standard InChI is InChI=1S/C30H10N6O4/c31-11-15-1-3-19(9-17(15)13-33)35-27(37)21-5-7-23-26-24(8-6-22(25(21)26)28(35)38)30(40)36(29(23)39)20-4-2-16(12-32)18(10-20)14-34/h1-10H. The molecule has 6 rings (SSSR count). The summed E-state index contributed by atoms with van der Waals surface area (Å²) in [6, 6.07) is 21.1. The van der Waals surface area contributed by atoms with Crippen LogP contribution in [0.3, 0.4) is 0 Å². The van der Waals surface area contributed by atoms with Crippen LogP contribution in [0.1, 0.15) is 63.7 Å². The van der Waals surface area contributed by atoms with E-state index in [1.165, 1.54) is 60.7 Å². The van der Waals surface area contributed by atoms with Gasteiger partial charge in [-0.25, -0.2) is 9.80 Å². The Morgan fingerprint density at radius 3 is 1.00 bits per heavy atom. The molecule has 4 amide bonds. The molecule has 0 atom stereocenters.